The molecule has 1 aromatic heterocycles. The first kappa shape index (κ1) is 14.1. The van der Waals surface area contributed by atoms with Crippen LogP contribution < -0.4 is 0 Å². The van der Waals surface area contributed by atoms with Crippen LogP contribution in [-0.2, 0) is 11.3 Å². The number of aryl methyl sites for hydroxylation is 1. The molecule has 0 N–H and O–H groups in total. The van der Waals surface area contributed by atoms with E-state index in [1.807, 2.05) is 18.2 Å². The van der Waals surface area contributed by atoms with Crippen molar-refractivity contribution in [2.24, 2.45) is 0 Å². The van der Waals surface area contributed by atoms with Gasteiger partial charge in [-0.15, -0.1) is 0 Å². The number of hydrogen-bond acceptors (Lipinski definition) is 2. The molecule has 3 aromatic rings. The van der Waals surface area contributed by atoms with E-state index in [9.17, 15) is 0 Å². The van der Waals surface area contributed by atoms with E-state index >= 15 is 0 Å². The number of benzene rings is 2. The van der Waals surface area contributed by atoms with Crippen LogP contribution in [0.25, 0.3) is 22.4 Å². The second-order valence-electron chi connectivity index (χ2n) is 5.08. The van der Waals surface area contributed by atoms with Crippen molar-refractivity contribution in [3.63, 3.8) is 0 Å². The zero-order valence-electron chi connectivity index (χ0n) is 12.1. The van der Waals surface area contributed by atoms with Gasteiger partial charge in [-0.05, 0) is 31.2 Å². The maximum atomic E-state index is 6.08. The molecule has 3 nitrogen and oxygen atoms in total. The zero-order chi connectivity index (χ0) is 14.8. The lowest BCUT2D eigenvalue weighted by Gasteiger charge is -2.09. The number of imidazole rings is 1. The molecule has 0 unspecified atom stereocenters. The first-order valence-corrected chi connectivity index (χ1v) is 7.28. The van der Waals surface area contributed by atoms with Crippen molar-refractivity contribution < 1.29 is 4.74 Å². The number of fused-ring (bicyclic) bond motifs is 1. The molecule has 0 atom stereocenters. The van der Waals surface area contributed by atoms with Gasteiger partial charge in [0.15, 0.2) is 0 Å². The van der Waals surface area contributed by atoms with E-state index in [1.165, 1.54) is 5.56 Å². The Labute approximate surface area is 129 Å². The molecule has 0 spiro atoms. The van der Waals surface area contributed by atoms with Gasteiger partial charge < -0.3 is 9.30 Å². The molecule has 0 bridgehead atoms. The number of halogens is 1. The fraction of sp³-hybridized carbons (Fsp3) is 0.235. The Bertz CT molecular complexity index is 780. The Morgan fingerprint density at radius 1 is 1.19 bits per heavy atom. The SMILES string of the molecule is COCCn1c(-c2cccc(C)c2)nc2cc(Cl)ccc21. The summed E-state index contributed by atoms with van der Waals surface area (Å²) in [4.78, 5) is 4.76. The van der Waals surface area contributed by atoms with Crippen molar-refractivity contribution in [1.29, 1.82) is 0 Å². The average Bonchev–Trinajstić information content (AvgIpc) is 2.82. The molecular formula is C17H17ClN2O. The summed E-state index contributed by atoms with van der Waals surface area (Å²) in [6.45, 7) is 3.49. The second-order valence-corrected chi connectivity index (χ2v) is 5.52. The first-order valence-electron chi connectivity index (χ1n) is 6.91. The van der Waals surface area contributed by atoms with E-state index in [-0.39, 0.29) is 0 Å². The third-order valence-corrected chi connectivity index (χ3v) is 3.74. The van der Waals surface area contributed by atoms with Gasteiger partial charge in [-0.3, -0.25) is 0 Å². The van der Waals surface area contributed by atoms with Gasteiger partial charge in [0.25, 0.3) is 0 Å². The van der Waals surface area contributed by atoms with Crippen LogP contribution in [0.5, 0.6) is 0 Å². The highest BCUT2D eigenvalue weighted by atomic mass is 35.5. The summed E-state index contributed by atoms with van der Waals surface area (Å²) in [5.41, 5.74) is 4.32. The first-order chi connectivity index (χ1) is 10.2. The van der Waals surface area contributed by atoms with Crippen LogP contribution in [0.2, 0.25) is 5.02 Å². The van der Waals surface area contributed by atoms with Crippen LogP contribution >= 0.6 is 11.6 Å². The molecule has 2 aromatic carbocycles. The molecule has 0 aliphatic rings. The van der Waals surface area contributed by atoms with E-state index in [4.69, 9.17) is 21.3 Å². The number of methoxy groups -OCH3 is 1. The highest BCUT2D eigenvalue weighted by Crippen LogP contribution is 2.27. The van der Waals surface area contributed by atoms with Gasteiger partial charge in [-0.25, -0.2) is 4.98 Å². The Balaban J connectivity index is 2.20. The van der Waals surface area contributed by atoms with Gasteiger partial charge in [0.1, 0.15) is 5.82 Å². The molecular weight excluding hydrogens is 284 g/mol. The van der Waals surface area contributed by atoms with Crippen molar-refractivity contribution in [2.75, 3.05) is 13.7 Å². The van der Waals surface area contributed by atoms with Crippen molar-refractivity contribution in [3.8, 4) is 11.4 Å². The quantitative estimate of drug-likeness (QED) is 0.718. The number of aromatic nitrogens is 2. The summed E-state index contributed by atoms with van der Waals surface area (Å²) >= 11 is 6.08. The summed E-state index contributed by atoms with van der Waals surface area (Å²) in [7, 11) is 1.71. The Hall–Kier alpha value is -1.84. The largest absolute Gasteiger partial charge is 0.383 e. The Kier molecular flexibility index (Phi) is 3.95. The van der Waals surface area contributed by atoms with Crippen LogP contribution in [0.1, 0.15) is 5.56 Å². The molecule has 0 saturated heterocycles. The van der Waals surface area contributed by atoms with E-state index < -0.39 is 0 Å². The second kappa shape index (κ2) is 5.88. The standard InChI is InChI=1S/C17H17ClN2O/c1-12-4-3-5-13(10-12)17-19-15-11-14(18)6-7-16(15)20(17)8-9-21-2/h3-7,10-11H,8-9H2,1-2H3. The van der Waals surface area contributed by atoms with Gasteiger partial charge in [-0.1, -0.05) is 35.4 Å². The minimum Gasteiger partial charge on any atom is -0.383 e. The van der Waals surface area contributed by atoms with Crippen LogP contribution in [0.3, 0.4) is 0 Å². The molecule has 4 heteroatoms. The van der Waals surface area contributed by atoms with E-state index in [0.29, 0.717) is 11.6 Å². The number of hydrogen-bond donors (Lipinski definition) is 0. The van der Waals surface area contributed by atoms with Gasteiger partial charge >= 0.3 is 0 Å². The number of rotatable bonds is 4. The minimum absolute atomic E-state index is 0.646. The molecule has 21 heavy (non-hydrogen) atoms. The number of ether oxygens (including phenoxy) is 1. The van der Waals surface area contributed by atoms with Crippen molar-refractivity contribution in [3.05, 3.63) is 53.1 Å². The monoisotopic (exact) mass is 300 g/mol. The van der Waals surface area contributed by atoms with Crippen LogP contribution in [0, 0.1) is 6.92 Å². The van der Waals surface area contributed by atoms with E-state index in [0.717, 1.165) is 29.0 Å². The fourth-order valence-electron chi connectivity index (χ4n) is 2.52. The van der Waals surface area contributed by atoms with Crippen LogP contribution in [0.15, 0.2) is 42.5 Å². The summed E-state index contributed by atoms with van der Waals surface area (Å²) in [5, 5.41) is 0.703. The van der Waals surface area contributed by atoms with Crippen molar-refractivity contribution in [1.82, 2.24) is 9.55 Å². The number of nitrogens with zero attached hydrogens (tertiary/aromatic N) is 2. The maximum Gasteiger partial charge on any atom is 0.141 e. The molecule has 108 valence electrons. The molecule has 3 rings (SSSR count). The van der Waals surface area contributed by atoms with E-state index in [1.54, 1.807) is 7.11 Å². The highest BCUT2D eigenvalue weighted by Gasteiger charge is 2.12. The van der Waals surface area contributed by atoms with Gasteiger partial charge in [0, 0.05) is 24.2 Å². The summed E-state index contributed by atoms with van der Waals surface area (Å²) < 4.78 is 7.41. The third kappa shape index (κ3) is 2.80. The minimum atomic E-state index is 0.646. The predicted molar refractivity (Wildman–Crippen MR) is 86.8 cm³/mol. The molecule has 1 heterocycles. The molecule has 0 fully saturated rings. The van der Waals surface area contributed by atoms with Crippen molar-refractivity contribution >= 4 is 22.6 Å². The average molecular weight is 301 g/mol. The van der Waals surface area contributed by atoms with Gasteiger partial charge in [0.2, 0.25) is 0 Å². The maximum absolute atomic E-state index is 6.08. The lowest BCUT2D eigenvalue weighted by Crippen LogP contribution is -2.06. The molecule has 0 amide bonds. The summed E-state index contributed by atoms with van der Waals surface area (Å²) in [6, 6.07) is 14.2. The summed E-state index contributed by atoms with van der Waals surface area (Å²) in [5.74, 6) is 0.952. The van der Waals surface area contributed by atoms with Gasteiger partial charge in [-0.2, -0.15) is 0 Å². The third-order valence-electron chi connectivity index (χ3n) is 3.51. The lowest BCUT2D eigenvalue weighted by molar-refractivity contribution is 0.188. The lowest BCUT2D eigenvalue weighted by atomic mass is 10.1. The topological polar surface area (TPSA) is 27.1 Å². The Morgan fingerprint density at radius 2 is 2.05 bits per heavy atom. The Morgan fingerprint density at radius 3 is 2.81 bits per heavy atom. The molecule has 0 saturated carbocycles. The smallest absolute Gasteiger partial charge is 0.141 e. The van der Waals surface area contributed by atoms with E-state index in [2.05, 4.69) is 35.8 Å². The highest BCUT2D eigenvalue weighted by molar-refractivity contribution is 6.31. The molecule has 0 aliphatic carbocycles. The molecule has 0 aliphatic heterocycles. The van der Waals surface area contributed by atoms with Crippen LogP contribution in [0.4, 0.5) is 0 Å². The predicted octanol–water partition coefficient (Wildman–Crippen LogP) is 4.31. The molecule has 0 radical (unpaired) electrons. The van der Waals surface area contributed by atoms with Crippen LogP contribution in [-0.4, -0.2) is 23.3 Å². The zero-order valence-corrected chi connectivity index (χ0v) is 12.9. The van der Waals surface area contributed by atoms with Crippen molar-refractivity contribution in [2.45, 2.75) is 13.5 Å². The summed E-state index contributed by atoms with van der Waals surface area (Å²) in [6.07, 6.45) is 0. The van der Waals surface area contributed by atoms with Gasteiger partial charge in [0.05, 0.1) is 17.6 Å². The normalized spacial score (nSPS) is 11.2. The fourth-order valence-corrected chi connectivity index (χ4v) is 2.68.